The number of amides is 1. The summed E-state index contributed by atoms with van der Waals surface area (Å²) in [7, 11) is 3.21. The predicted molar refractivity (Wildman–Crippen MR) is 104 cm³/mol. The molecule has 138 valence electrons. The quantitative estimate of drug-likeness (QED) is 0.768. The number of H-pyrrole nitrogens is 1. The summed E-state index contributed by atoms with van der Waals surface area (Å²) in [5.74, 6) is 1.27. The van der Waals surface area contributed by atoms with Crippen molar-refractivity contribution in [2.75, 3.05) is 25.7 Å². The van der Waals surface area contributed by atoms with Crippen molar-refractivity contribution >= 4 is 11.6 Å². The van der Waals surface area contributed by atoms with Gasteiger partial charge in [-0.05, 0) is 42.7 Å². The monoisotopic (exact) mass is 363 g/mol. The number of nitrogens with one attached hydrogen (secondary N) is 1. The van der Waals surface area contributed by atoms with Gasteiger partial charge >= 0.3 is 0 Å². The standard InChI is InChI=1S/C21H21N3O3/c1-26-15-9-10-16(20(12-15)27-2)17-13-18(23-22-17)21(25)24-11-5-7-14-6-3-4-8-19(14)24/h3-4,6,8-10,12-13H,5,7,11H2,1-2H3,(H,22,23). The van der Waals surface area contributed by atoms with Gasteiger partial charge in [0.05, 0.1) is 19.9 Å². The molecule has 0 saturated heterocycles. The third-order valence-corrected chi connectivity index (χ3v) is 4.85. The lowest BCUT2D eigenvalue weighted by Gasteiger charge is -2.28. The van der Waals surface area contributed by atoms with E-state index >= 15 is 0 Å². The van der Waals surface area contributed by atoms with Gasteiger partial charge in [-0.25, -0.2) is 0 Å². The third-order valence-electron chi connectivity index (χ3n) is 4.85. The van der Waals surface area contributed by atoms with Gasteiger partial charge in [0.15, 0.2) is 0 Å². The predicted octanol–water partition coefficient (Wildman–Crippen LogP) is 3.69. The zero-order valence-corrected chi connectivity index (χ0v) is 15.4. The van der Waals surface area contributed by atoms with E-state index < -0.39 is 0 Å². The highest BCUT2D eigenvalue weighted by atomic mass is 16.5. The molecule has 0 spiro atoms. The molecule has 0 unspecified atom stereocenters. The fraction of sp³-hybridized carbons (Fsp3) is 0.238. The second kappa shape index (κ2) is 7.15. The number of carbonyl (C=O) groups is 1. The summed E-state index contributed by atoms with van der Waals surface area (Å²) in [6, 6.07) is 15.3. The highest BCUT2D eigenvalue weighted by Crippen LogP contribution is 2.33. The lowest BCUT2D eigenvalue weighted by molar-refractivity contribution is 0.0980. The molecule has 3 aromatic rings. The van der Waals surface area contributed by atoms with Crippen molar-refractivity contribution in [1.29, 1.82) is 0 Å². The third kappa shape index (κ3) is 3.14. The Balaban J connectivity index is 1.65. The largest absolute Gasteiger partial charge is 0.497 e. The van der Waals surface area contributed by atoms with Gasteiger partial charge in [0, 0.05) is 23.9 Å². The molecule has 0 saturated carbocycles. The molecule has 1 aliphatic heterocycles. The number of aromatic nitrogens is 2. The minimum absolute atomic E-state index is 0.0756. The summed E-state index contributed by atoms with van der Waals surface area (Å²) < 4.78 is 10.7. The molecule has 1 amide bonds. The maximum Gasteiger partial charge on any atom is 0.276 e. The molecule has 1 N–H and O–H groups in total. The molecule has 6 heteroatoms. The number of carbonyl (C=O) groups excluding carboxylic acids is 1. The second-order valence-corrected chi connectivity index (χ2v) is 6.42. The Hall–Kier alpha value is -3.28. The van der Waals surface area contributed by atoms with Crippen molar-refractivity contribution in [2.45, 2.75) is 12.8 Å². The number of methoxy groups -OCH3 is 2. The van der Waals surface area contributed by atoms with E-state index in [0.29, 0.717) is 29.4 Å². The summed E-state index contributed by atoms with van der Waals surface area (Å²) in [5.41, 5.74) is 4.09. The first-order chi connectivity index (χ1) is 13.2. The summed E-state index contributed by atoms with van der Waals surface area (Å²) in [6.07, 6.45) is 1.95. The smallest absolute Gasteiger partial charge is 0.276 e. The Bertz CT molecular complexity index is 980. The van der Waals surface area contributed by atoms with Crippen LogP contribution in [0.4, 0.5) is 5.69 Å². The number of nitrogens with zero attached hydrogens (tertiary/aromatic N) is 2. The molecular weight excluding hydrogens is 342 g/mol. The number of fused-ring (bicyclic) bond motifs is 1. The van der Waals surface area contributed by atoms with E-state index in [0.717, 1.165) is 24.1 Å². The first kappa shape index (κ1) is 17.1. The molecule has 6 nitrogen and oxygen atoms in total. The van der Waals surface area contributed by atoms with Crippen LogP contribution < -0.4 is 14.4 Å². The Morgan fingerprint density at radius 2 is 1.96 bits per heavy atom. The van der Waals surface area contributed by atoms with Gasteiger partial charge in [0.1, 0.15) is 17.2 Å². The van der Waals surface area contributed by atoms with E-state index in [4.69, 9.17) is 9.47 Å². The van der Waals surface area contributed by atoms with Crippen molar-refractivity contribution in [3.63, 3.8) is 0 Å². The average molecular weight is 363 g/mol. The van der Waals surface area contributed by atoms with Crippen molar-refractivity contribution in [1.82, 2.24) is 10.2 Å². The number of ether oxygens (including phenoxy) is 2. The van der Waals surface area contributed by atoms with E-state index in [-0.39, 0.29) is 5.91 Å². The molecule has 2 aromatic carbocycles. The molecule has 0 fully saturated rings. The number of rotatable bonds is 4. The van der Waals surface area contributed by atoms with E-state index in [9.17, 15) is 4.79 Å². The van der Waals surface area contributed by atoms with Crippen molar-refractivity contribution in [2.24, 2.45) is 0 Å². The van der Waals surface area contributed by atoms with Crippen LogP contribution in [0.1, 0.15) is 22.5 Å². The van der Waals surface area contributed by atoms with Crippen LogP contribution in [-0.2, 0) is 6.42 Å². The number of benzene rings is 2. The number of hydrogen-bond donors (Lipinski definition) is 1. The molecule has 0 radical (unpaired) electrons. The van der Waals surface area contributed by atoms with Gasteiger partial charge in [-0.15, -0.1) is 0 Å². The van der Waals surface area contributed by atoms with E-state index in [2.05, 4.69) is 16.3 Å². The molecule has 0 atom stereocenters. The Kier molecular flexibility index (Phi) is 4.54. The first-order valence-corrected chi connectivity index (χ1v) is 8.89. The van der Waals surface area contributed by atoms with Crippen LogP contribution in [0.25, 0.3) is 11.3 Å². The number of anilines is 1. The van der Waals surface area contributed by atoms with Gasteiger partial charge < -0.3 is 14.4 Å². The van der Waals surface area contributed by atoms with E-state index in [1.807, 2.05) is 35.2 Å². The lowest BCUT2D eigenvalue weighted by atomic mass is 10.0. The summed E-state index contributed by atoms with van der Waals surface area (Å²) in [5, 5.41) is 7.21. The van der Waals surface area contributed by atoms with Gasteiger partial charge in [-0.3, -0.25) is 9.89 Å². The molecule has 0 bridgehead atoms. The Labute approximate surface area is 157 Å². The Morgan fingerprint density at radius 3 is 2.78 bits per heavy atom. The molecule has 1 aliphatic rings. The van der Waals surface area contributed by atoms with Gasteiger partial charge in [-0.1, -0.05) is 18.2 Å². The van der Waals surface area contributed by atoms with Crippen LogP contribution in [0.3, 0.4) is 0 Å². The fourth-order valence-corrected chi connectivity index (χ4v) is 3.47. The van der Waals surface area contributed by atoms with Crippen LogP contribution in [0.5, 0.6) is 11.5 Å². The van der Waals surface area contributed by atoms with Gasteiger partial charge in [0.25, 0.3) is 5.91 Å². The van der Waals surface area contributed by atoms with Crippen LogP contribution >= 0.6 is 0 Å². The lowest BCUT2D eigenvalue weighted by Crippen LogP contribution is -2.35. The fourth-order valence-electron chi connectivity index (χ4n) is 3.47. The Morgan fingerprint density at radius 1 is 1.11 bits per heavy atom. The minimum Gasteiger partial charge on any atom is -0.497 e. The maximum absolute atomic E-state index is 13.1. The number of aryl methyl sites for hydroxylation is 1. The summed E-state index contributed by atoms with van der Waals surface area (Å²) >= 11 is 0. The van der Waals surface area contributed by atoms with E-state index in [1.54, 1.807) is 26.4 Å². The SMILES string of the molecule is COc1ccc(-c2cc(C(=O)N3CCCc4ccccc43)[nH]n2)c(OC)c1. The maximum atomic E-state index is 13.1. The zero-order chi connectivity index (χ0) is 18.8. The summed E-state index contributed by atoms with van der Waals surface area (Å²) in [4.78, 5) is 14.9. The van der Waals surface area contributed by atoms with Crippen molar-refractivity contribution in [3.8, 4) is 22.8 Å². The van der Waals surface area contributed by atoms with Gasteiger partial charge in [-0.2, -0.15) is 5.10 Å². The average Bonchev–Trinajstić information content (AvgIpc) is 3.22. The summed E-state index contributed by atoms with van der Waals surface area (Å²) in [6.45, 7) is 0.704. The van der Waals surface area contributed by atoms with Crippen LogP contribution in [0, 0.1) is 0 Å². The van der Waals surface area contributed by atoms with Crippen LogP contribution in [-0.4, -0.2) is 36.9 Å². The molecule has 4 rings (SSSR count). The molecular formula is C21H21N3O3. The topological polar surface area (TPSA) is 67.5 Å². The van der Waals surface area contributed by atoms with Crippen molar-refractivity contribution < 1.29 is 14.3 Å². The molecule has 0 aliphatic carbocycles. The number of hydrogen-bond acceptors (Lipinski definition) is 4. The number of aromatic amines is 1. The first-order valence-electron chi connectivity index (χ1n) is 8.89. The zero-order valence-electron chi connectivity index (χ0n) is 15.4. The highest BCUT2D eigenvalue weighted by Gasteiger charge is 2.25. The highest BCUT2D eigenvalue weighted by molar-refractivity contribution is 6.06. The molecule has 1 aromatic heterocycles. The number of para-hydroxylation sites is 1. The normalized spacial score (nSPS) is 13.2. The van der Waals surface area contributed by atoms with Gasteiger partial charge in [0.2, 0.25) is 0 Å². The van der Waals surface area contributed by atoms with Crippen molar-refractivity contribution in [3.05, 3.63) is 59.8 Å². The second-order valence-electron chi connectivity index (χ2n) is 6.42. The molecule has 2 heterocycles. The van der Waals surface area contributed by atoms with Crippen LogP contribution in [0.15, 0.2) is 48.5 Å². The van der Waals surface area contributed by atoms with Crippen LogP contribution in [0.2, 0.25) is 0 Å². The molecule has 27 heavy (non-hydrogen) atoms. The van der Waals surface area contributed by atoms with E-state index in [1.165, 1.54) is 5.56 Å². The minimum atomic E-state index is -0.0756.